The molecule has 3 atom stereocenters. The fourth-order valence-corrected chi connectivity index (χ4v) is 2.69. The SMILES string of the molecule is CCSc1ccc(C(CC)CC(O)C(C)O)cc1. The van der Waals surface area contributed by atoms with Crippen LogP contribution in [0.1, 0.15) is 45.1 Å². The number of aliphatic hydroxyl groups excluding tert-OH is 2. The smallest absolute Gasteiger partial charge is 0.0802 e. The molecule has 0 saturated carbocycles. The van der Waals surface area contributed by atoms with Gasteiger partial charge >= 0.3 is 0 Å². The summed E-state index contributed by atoms with van der Waals surface area (Å²) < 4.78 is 0. The van der Waals surface area contributed by atoms with Crippen molar-refractivity contribution in [2.75, 3.05) is 5.75 Å². The fraction of sp³-hybridized carbons (Fsp3) is 0.600. The Hall–Kier alpha value is -0.510. The molecule has 1 rings (SSSR count). The number of aliphatic hydroxyl groups is 2. The van der Waals surface area contributed by atoms with Gasteiger partial charge < -0.3 is 10.2 Å². The van der Waals surface area contributed by atoms with Gasteiger partial charge in [0.05, 0.1) is 12.2 Å². The molecule has 0 aliphatic rings. The van der Waals surface area contributed by atoms with Crippen LogP contribution in [0, 0.1) is 0 Å². The number of benzene rings is 1. The summed E-state index contributed by atoms with van der Waals surface area (Å²) in [7, 11) is 0. The third-order valence-electron chi connectivity index (χ3n) is 3.24. The molecule has 0 bridgehead atoms. The lowest BCUT2D eigenvalue weighted by Crippen LogP contribution is -2.24. The van der Waals surface area contributed by atoms with Crippen molar-refractivity contribution in [2.24, 2.45) is 0 Å². The van der Waals surface area contributed by atoms with E-state index in [4.69, 9.17) is 0 Å². The molecule has 0 radical (unpaired) electrons. The molecule has 18 heavy (non-hydrogen) atoms. The molecule has 0 spiro atoms. The van der Waals surface area contributed by atoms with Crippen LogP contribution in [0.5, 0.6) is 0 Å². The van der Waals surface area contributed by atoms with Crippen LogP contribution in [-0.2, 0) is 0 Å². The van der Waals surface area contributed by atoms with Crippen LogP contribution in [0.2, 0.25) is 0 Å². The van der Waals surface area contributed by atoms with Gasteiger partial charge in [-0.2, -0.15) is 0 Å². The Balaban J connectivity index is 2.69. The largest absolute Gasteiger partial charge is 0.391 e. The zero-order valence-corrected chi connectivity index (χ0v) is 12.3. The summed E-state index contributed by atoms with van der Waals surface area (Å²) in [5, 5.41) is 19.1. The van der Waals surface area contributed by atoms with Crippen molar-refractivity contribution in [2.45, 2.75) is 56.6 Å². The van der Waals surface area contributed by atoms with Crippen LogP contribution < -0.4 is 0 Å². The third-order valence-corrected chi connectivity index (χ3v) is 4.13. The first-order chi connectivity index (χ1) is 8.58. The van der Waals surface area contributed by atoms with Gasteiger partial charge in [0.1, 0.15) is 0 Å². The molecule has 0 aliphatic heterocycles. The van der Waals surface area contributed by atoms with E-state index < -0.39 is 12.2 Å². The Bertz CT molecular complexity index is 335. The molecule has 0 amide bonds. The quantitative estimate of drug-likeness (QED) is 0.744. The van der Waals surface area contributed by atoms with Gasteiger partial charge in [0.2, 0.25) is 0 Å². The molecule has 3 heteroatoms. The molecule has 2 N–H and O–H groups in total. The van der Waals surface area contributed by atoms with Crippen LogP contribution in [0.3, 0.4) is 0 Å². The Morgan fingerprint density at radius 1 is 1.11 bits per heavy atom. The van der Waals surface area contributed by atoms with E-state index in [1.807, 2.05) is 11.8 Å². The maximum atomic E-state index is 9.77. The number of rotatable bonds is 7. The molecule has 102 valence electrons. The van der Waals surface area contributed by atoms with Crippen molar-refractivity contribution in [3.05, 3.63) is 29.8 Å². The second-order valence-electron chi connectivity index (χ2n) is 4.65. The van der Waals surface area contributed by atoms with E-state index in [0.717, 1.165) is 12.2 Å². The van der Waals surface area contributed by atoms with Crippen molar-refractivity contribution >= 4 is 11.8 Å². The monoisotopic (exact) mass is 268 g/mol. The molecular formula is C15H24O2S. The van der Waals surface area contributed by atoms with Crippen LogP contribution >= 0.6 is 11.8 Å². The number of hydrogen-bond acceptors (Lipinski definition) is 3. The average Bonchev–Trinajstić information content (AvgIpc) is 2.37. The molecule has 1 aromatic carbocycles. The highest BCUT2D eigenvalue weighted by Gasteiger charge is 2.18. The highest BCUT2D eigenvalue weighted by Crippen LogP contribution is 2.27. The lowest BCUT2D eigenvalue weighted by molar-refractivity contribution is 0.0215. The van der Waals surface area contributed by atoms with Gasteiger partial charge in [-0.3, -0.25) is 0 Å². The Labute approximate surface area is 114 Å². The topological polar surface area (TPSA) is 40.5 Å². The summed E-state index contributed by atoms with van der Waals surface area (Å²) in [6.07, 6.45) is 0.298. The summed E-state index contributed by atoms with van der Waals surface area (Å²) in [6, 6.07) is 8.56. The second kappa shape index (κ2) is 7.82. The minimum absolute atomic E-state index is 0.315. The minimum atomic E-state index is -0.658. The summed E-state index contributed by atoms with van der Waals surface area (Å²) >= 11 is 1.83. The van der Waals surface area contributed by atoms with E-state index in [0.29, 0.717) is 12.3 Å². The van der Waals surface area contributed by atoms with Crippen molar-refractivity contribution in [3.8, 4) is 0 Å². The molecule has 0 aliphatic carbocycles. The van der Waals surface area contributed by atoms with Crippen LogP contribution in [-0.4, -0.2) is 28.2 Å². The Morgan fingerprint density at radius 3 is 2.17 bits per heavy atom. The molecular weight excluding hydrogens is 244 g/mol. The molecule has 1 aromatic rings. The standard InChI is InChI=1S/C15H24O2S/c1-4-12(10-15(17)11(3)16)13-6-8-14(9-7-13)18-5-2/h6-9,11-12,15-17H,4-5,10H2,1-3H3. The molecule has 3 unspecified atom stereocenters. The third kappa shape index (κ3) is 4.63. The van der Waals surface area contributed by atoms with Crippen molar-refractivity contribution in [3.63, 3.8) is 0 Å². The van der Waals surface area contributed by atoms with Gasteiger partial charge in [-0.05, 0) is 49.1 Å². The molecule has 0 aromatic heterocycles. The normalized spacial score (nSPS) is 16.3. The maximum absolute atomic E-state index is 9.77. The van der Waals surface area contributed by atoms with E-state index in [2.05, 4.69) is 38.1 Å². The molecule has 0 fully saturated rings. The van der Waals surface area contributed by atoms with Crippen molar-refractivity contribution < 1.29 is 10.2 Å². The summed E-state index contributed by atoms with van der Waals surface area (Å²) in [4.78, 5) is 1.28. The zero-order chi connectivity index (χ0) is 13.5. The Kier molecular flexibility index (Phi) is 6.76. The second-order valence-corrected chi connectivity index (χ2v) is 5.99. The zero-order valence-electron chi connectivity index (χ0n) is 11.5. The maximum Gasteiger partial charge on any atom is 0.0802 e. The van der Waals surface area contributed by atoms with Crippen LogP contribution in [0.25, 0.3) is 0 Å². The molecule has 0 saturated heterocycles. The van der Waals surface area contributed by atoms with Crippen LogP contribution in [0.4, 0.5) is 0 Å². The highest BCUT2D eigenvalue weighted by molar-refractivity contribution is 7.99. The Morgan fingerprint density at radius 2 is 1.72 bits per heavy atom. The first kappa shape index (κ1) is 15.5. The van der Waals surface area contributed by atoms with E-state index >= 15 is 0 Å². The van der Waals surface area contributed by atoms with E-state index in [1.54, 1.807) is 6.92 Å². The van der Waals surface area contributed by atoms with Crippen molar-refractivity contribution in [1.29, 1.82) is 0 Å². The molecule has 2 nitrogen and oxygen atoms in total. The fourth-order valence-electron chi connectivity index (χ4n) is 2.03. The first-order valence-corrected chi connectivity index (χ1v) is 7.65. The summed E-state index contributed by atoms with van der Waals surface area (Å²) in [6.45, 7) is 5.90. The van der Waals surface area contributed by atoms with E-state index in [9.17, 15) is 10.2 Å². The van der Waals surface area contributed by atoms with Gasteiger partial charge in [-0.1, -0.05) is 26.0 Å². The first-order valence-electron chi connectivity index (χ1n) is 6.67. The summed E-state index contributed by atoms with van der Waals surface area (Å²) in [5.74, 6) is 1.40. The summed E-state index contributed by atoms with van der Waals surface area (Å²) in [5.41, 5.74) is 1.25. The lowest BCUT2D eigenvalue weighted by Gasteiger charge is -2.21. The minimum Gasteiger partial charge on any atom is -0.391 e. The van der Waals surface area contributed by atoms with Gasteiger partial charge in [0, 0.05) is 4.90 Å². The van der Waals surface area contributed by atoms with Gasteiger partial charge in [0.15, 0.2) is 0 Å². The van der Waals surface area contributed by atoms with Crippen molar-refractivity contribution in [1.82, 2.24) is 0 Å². The average molecular weight is 268 g/mol. The predicted octanol–water partition coefficient (Wildman–Crippen LogP) is 3.42. The van der Waals surface area contributed by atoms with E-state index in [1.165, 1.54) is 10.5 Å². The van der Waals surface area contributed by atoms with Crippen LogP contribution in [0.15, 0.2) is 29.2 Å². The molecule has 0 heterocycles. The van der Waals surface area contributed by atoms with Gasteiger partial charge in [0.25, 0.3) is 0 Å². The number of thioether (sulfide) groups is 1. The predicted molar refractivity (Wildman–Crippen MR) is 78.2 cm³/mol. The van der Waals surface area contributed by atoms with E-state index in [-0.39, 0.29) is 0 Å². The lowest BCUT2D eigenvalue weighted by atomic mass is 9.90. The van der Waals surface area contributed by atoms with Gasteiger partial charge in [-0.15, -0.1) is 11.8 Å². The van der Waals surface area contributed by atoms with Gasteiger partial charge in [-0.25, -0.2) is 0 Å². The highest BCUT2D eigenvalue weighted by atomic mass is 32.2. The number of hydrogen-bond donors (Lipinski definition) is 2.